The molecule has 0 aliphatic heterocycles. The van der Waals surface area contributed by atoms with Gasteiger partial charge in [-0.1, -0.05) is 35.7 Å². The van der Waals surface area contributed by atoms with Crippen LogP contribution in [0.3, 0.4) is 0 Å². The highest BCUT2D eigenvalue weighted by Crippen LogP contribution is 2.23. The topological polar surface area (TPSA) is 54.4 Å². The zero-order chi connectivity index (χ0) is 13.6. The normalized spacial score (nSPS) is 11.7. The van der Waals surface area contributed by atoms with Crippen molar-refractivity contribution in [2.24, 2.45) is 0 Å². The van der Waals surface area contributed by atoms with Crippen LogP contribution in [0.25, 0.3) is 0 Å². The lowest BCUT2D eigenvalue weighted by Gasteiger charge is -2.06. The molecule has 0 saturated heterocycles. The molecular formula is C12H16Cl2O3S. The third-order valence-electron chi connectivity index (χ3n) is 2.50. The fourth-order valence-corrected chi connectivity index (χ4v) is 3.63. The van der Waals surface area contributed by atoms with E-state index < -0.39 is 9.84 Å². The van der Waals surface area contributed by atoms with Crippen molar-refractivity contribution in [2.75, 3.05) is 12.4 Å². The second-order valence-corrected chi connectivity index (χ2v) is 7.14. The van der Waals surface area contributed by atoms with Crippen LogP contribution in [0.5, 0.6) is 0 Å². The Morgan fingerprint density at radius 1 is 1.11 bits per heavy atom. The number of sulfone groups is 1. The summed E-state index contributed by atoms with van der Waals surface area (Å²) in [5.41, 5.74) is 0.572. The predicted molar refractivity (Wildman–Crippen MR) is 74.9 cm³/mol. The van der Waals surface area contributed by atoms with Crippen LogP contribution in [0.15, 0.2) is 18.2 Å². The van der Waals surface area contributed by atoms with Gasteiger partial charge in [0, 0.05) is 16.7 Å². The van der Waals surface area contributed by atoms with Crippen LogP contribution in [-0.2, 0) is 15.6 Å². The summed E-state index contributed by atoms with van der Waals surface area (Å²) in [5.74, 6) is 0.0497. The van der Waals surface area contributed by atoms with Crippen LogP contribution >= 0.6 is 23.2 Å². The van der Waals surface area contributed by atoms with Gasteiger partial charge >= 0.3 is 0 Å². The first-order valence-electron chi connectivity index (χ1n) is 5.70. The van der Waals surface area contributed by atoms with Crippen molar-refractivity contribution < 1.29 is 13.5 Å². The van der Waals surface area contributed by atoms with Crippen molar-refractivity contribution >= 4 is 33.0 Å². The SMILES string of the molecule is O=S(=O)(CCCCCO)Cc1ccc(Cl)cc1Cl. The molecule has 0 atom stereocenters. The first kappa shape index (κ1) is 15.8. The van der Waals surface area contributed by atoms with Gasteiger partial charge in [-0.15, -0.1) is 0 Å². The molecule has 0 bridgehead atoms. The molecule has 1 rings (SSSR count). The number of hydrogen-bond acceptors (Lipinski definition) is 3. The second-order valence-electron chi connectivity index (χ2n) is 4.11. The predicted octanol–water partition coefficient (Wildman–Crippen LogP) is 3.07. The van der Waals surface area contributed by atoms with E-state index in [-0.39, 0.29) is 18.1 Å². The minimum absolute atomic E-state index is 0.0673. The van der Waals surface area contributed by atoms with Gasteiger partial charge in [-0.25, -0.2) is 8.42 Å². The Labute approximate surface area is 118 Å². The van der Waals surface area contributed by atoms with E-state index >= 15 is 0 Å². The number of benzene rings is 1. The summed E-state index contributed by atoms with van der Waals surface area (Å²) < 4.78 is 23.7. The Hall–Kier alpha value is -0.290. The van der Waals surface area contributed by atoms with Crippen LogP contribution in [0.1, 0.15) is 24.8 Å². The summed E-state index contributed by atoms with van der Waals surface area (Å²) in [6.07, 6.45) is 1.91. The molecular weight excluding hydrogens is 295 g/mol. The zero-order valence-corrected chi connectivity index (χ0v) is 12.2. The third-order valence-corrected chi connectivity index (χ3v) is 4.75. The number of aliphatic hydroxyl groups is 1. The quantitative estimate of drug-likeness (QED) is 0.787. The number of hydrogen-bond donors (Lipinski definition) is 1. The molecule has 1 aromatic rings. The fourth-order valence-electron chi connectivity index (χ4n) is 1.56. The van der Waals surface area contributed by atoms with Crippen molar-refractivity contribution in [3.05, 3.63) is 33.8 Å². The average molecular weight is 311 g/mol. The monoisotopic (exact) mass is 310 g/mol. The highest BCUT2D eigenvalue weighted by atomic mass is 35.5. The van der Waals surface area contributed by atoms with E-state index in [2.05, 4.69) is 0 Å². The minimum Gasteiger partial charge on any atom is -0.396 e. The smallest absolute Gasteiger partial charge is 0.154 e. The van der Waals surface area contributed by atoms with Gasteiger partial charge in [0.2, 0.25) is 0 Å². The molecule has 0 aromatic heterocycles. The zero-order valence-electron chi connectivity index (χ0n) is 9.90. The Bertz CT molecular complexity index is 486. The molecule has 0 unspecified atom stereocenters. The maximum absolute atomic E-state index is 11.8. The second kappa shape index (κ2) is 7.34. The third kappa shape index (κ3) is 5.57. The number of halogens is 2. The lowest BCUT2D eigenvalue weighted by molar-refractivity contribution is 0.284. The molecule has 0 saturated carbocycles. The highest BCUT2D eigenvalue weighted by Gasteiger charge is 2.14. The Morgan fingerprint density at radius 3 is 2.44 bits per heavy atom. The van der Waals surface area contributed by atoms with Gasteiger partial charge in [-0.3, -0.25) is 0 Å². The van der Waals surface area contributed by atoms with Crippen molar-refractivity contribution in [1.29, 1.82) is 0 Å². The van der Waals surface area contributed by atoms with E-state index in [4.69, 9.17) is 28.3 Å². The van der Waals surface area contributed by atoms with Gasteiger partial charge in [0.15, 0.2) is 9.84 Å². The largest absolute Gasteiger partial charge is 0.396 e. The molecule has 0 aliphatic rings. The van der Waals surface area contributed by atoms with Gasteiger partial charge in [-0.05, 0) is 30.5 Å². The summed E-state index contributed by atoms with van der Waals surface area (Å²) in [6.45, 7) is 0.100. The van der Waals surface area contributed by atoms with Crippen LogP contribution in [0.2, 0.25) is 10.0 Å². The molecule has 3 nitrogen and oxygen atoms in total. The molecule has 0 spiro atoms. The van der Waals surface area contributed by atoms with Crippen LogP contribution in [0.4, 0.5) is 0 Å². The molecule has 1 aromatic carbocycles. The van der Waals surface area contributed by atoms with Gasteiger partial charge in [0.25, 0.3) is 0 Å². The van der Waals surface area contributed by atoms with E-state index in [1.54, 1.807) is 18.2 Å². The summed E-state index contributed by atoms with van der Waals surface area (Å²) >= 11 is 11.7. The number of rotatable bonds is 7. The Kier molecular flexibility index (Phi) is 6.43. The first-order valence-corrected chi connectivity index (χ1v) is 8.27. The van der Waals surface area contributed by atoms with Gasteiger partial charge in [0.05, 0.1) is 11.5 Å². The van der Waals surface area contributed by atoms with Crippen molar-refractivity contribution in [2.45, 2.75) is 25.0 Å². The fraction of sp³-hybridized carbons (Fsp3) is 0.500. The highest BCUT2D eigenvalue weighted by molar-refractivity contribution is 7.90. The Balaban J connectivity index is 2.59. The summed E-state index contributed by atoms with van der Waals surface area (Å²) in [7, 11) is -3.16. The van der Waals surface area contributed by atoms with E-state index in [0.717, 1.165) is 0 Å². The van der Waals surface area contributed by atoms with E-state index in [1.165, 1.54) is 0 Å². The molecule has 6 heteroatoms. The number of unbranched alkanes of at least 4 members (excludes halogenated alkanes) is 2. The molecule has 0 amide bonds. The van der Waals surface area contributed by atoms with Crippen LogP contribution < -0.4 is 0 Å². The molecule has 0 heterocycles. The maximum Gasteiger partial charge on any atom is 0.154 e. The lowest BCUT2D eigenvalue weighted by Crippen LogP contribution is -2.10. The lowest BCUT2D eigenvalue weighted by atomic mass is 10.2. The van der Waals surface area contributed by atoms with Gasteiger partial charge in [-0.2, -0.15) is 0 Å². The molecule has 0 aliphatic carbocycles. The number of aliphatic hydroxyl groups excluding tert-OH is 1. The van der Waals surface area contributed by atoms with Gasteiger partial charge in [0.1, 0.15) is 0 Å². The standard InChI is InChI=1S/C12H16Cl2O3S/c13-11-5-4-10(12(14)8-11)9-18(16,17)7-3-1-2-6-15/h4-5,8,15H,1-3,6-7,9H2. The summed E-state index contributed by atoms with van der Waals surface area (Å²) in [4.78, 5) is 0. The average Bonchev–Trinajstić information content (AvgIpc) is 2.28. The van der Waals surface area contributed by atoms with Crippen molar-refractivity contribution in [3.8, 4) is 0 Å². The molecule has 0 fully saturated rings. The maximum atomic E-state index is 11.8. The minimum atomic E-state index is -3.16. The first-order chi connectivity index (χ1) is 8.44. The van der Waals surface area contributed by atoms with Crippen molar-refractivity contribution in [1.82, 2.24) is 0 Å². The van der Waals surface area contributed by atoms with E-state index in [1.807, 2.05) is 0 Å². The van der Waals surface area contributed by atoms with E-state index in [0.29, 0.717) is 34.9 Å². The molecule has 0 radical (unpaired) electrons. The molecule has 102 valence electrons. The van der Waals surface area contributed by atoms with Crippen LogP contribution in [0, 0.1) is 0 Å². The molecule has 1 N–H and O–H groups in total. The Morgan fingerprint density at radius 2 is 1.83 bits per heavy atom. The van der Waals surface area contributed by atoms with E-state index in [9.17, 15) is 8.42 Å². The molecule has 18 heavy (non-hydrogen) atoms. The summed E-state index contributed by atoms with van der Waals surface area (Å²) in [5, 5.41) is 9.48. The van der Waals surface area contributed by atoms with Gasteiger partial charge < -0.3 is 5.11 Å². The van der Waals surface area contributed by atoms with Crippen molar-refractivity contribution in [3.63, 3.8) is 0 Å². The summed E-state index contributed by atoms with van der Waals surface area (Å²) in [6, 6.07) is 4.81. The van der Waals surface area contributed by atoms with Crippen LogP contribution in [-0.4, -0.2) is 25.9 Å².